The van der Waals surface area contributed by atoms with Crippen LogP contribution >= 0.6 is 11.8 Å². The summed E-state index contributed by atoms with van der Waals surface area (Å²) in [5.74, 6) is 1.11. The zero-order valence-corrected chi connectivity index (χ0v) is 13.1. The summed E-state index contributed by atoms with van der Waals surface area (Å²) in [7, 11) is 0. The van der Waals surface area contributed by atoms with E-state index in [1.54, 1.807) is 0 Å². The number of nitrogens with two attached hydrogens (primary N) is 1. The molecule has 2 heteroatoms. The van der Waals surface area contributed by atoms with Crippen LogP contribution in [0.15, 0.2) is 18.2 Å². The maximum Gasteiger partial charge on any atom is 0.0171 e. The normalized spacial score (nSPS) is 18.5. The van der Waals surface area contributed by atoms with Crippen molar-refractivity contribution in [2.45, 2.75) is 63.7 Å². The van der Waals surface area contributed by atoms with Crippen LogP contribution in [0.4, 0.5) is 0 Å². The van der Waals surface area contributed by atoms with E-state index in [2.05, 4.69) is 43.8 Å². The van der Waals surface area contributed by atoms with Crippen LogP contribution in [0.3, 0.4) is 0 Å². The highest BCUT2D eigenvalue weighted by molar-refractivity contribution is 7.99. The van der Waals surface area contributed by atoms with Gasteiger partial charge in [-0.3, -0.25) is 0 Å². The zero-order valence-electron chi connectivity index (χ0n) is 12.3. The van der Waals surface area contributed by atoms with E-state index in [4.69, 9.17) is 5.73 Å². The first-order valence-corrected chi connectivity index (χ1v) is 8.63. The molecule has 2 N–H and O–H groups in total. The summed E-state index contributed by atoms with van der Waals surface area (Å²) in [5, 5.41) is 0.875. The standard InChI is InChI=1S/C17H27NS/c1-13-8-9-15(10-14(13)2)11-16(18)12-19-17-6-4-3-5-7-17/h8-10,16-17H,3-7,11-12,18H2,1-2H3. The van der Waals surface area contributed by atoms with Crippen LogP contribution in [0.1, 0.15) is 48.8 Å². The number of hydrogen-bond acceptors (Lipinski definition) is 2. The van der Waals surface area contributed by atoms with Gasteiger partial charge in [-0.05, 0) is 49.8 Å². The molecule has 19 heavy (non-hydrogen) atoms. The second-order valence-electron chi connectivity index (χ2n) is 5.98. The molecule has 0 radical (unpaired) electrons. The number of aryl methyl sites for hydroxylation is 2. The van der Waals surface area contributed by atoms with E-state index in [0.717, 1.165) is 17.4 Å². The lowest BCUT2D eigenvalue weighted by Crippen LogP contribution is -2.27. The third-order valence-corrected chi connectivity index (χ3v) is 5.73. The Morgan fingerprint density at radius 2 is 1.89 bits per heavy atom. The van der Waals surface area contributed by atoms with E-state index in [1.165, 1.54) is 48.8 Å². The molecular weight excluding hydrogens is 250 g/mol. The maximum atomic E-state index is 6.29. The van der Waals surface area contributed by atoms with E-state index in [1.807, 2.05) is 0 Å². The molecule has 0 spiro atoms. The molecule has 0 saturated heterocycles. The Morgan fingerprint density at radius 3 is 2.58 bits per heavy atom. The van der Waals surface area contributed by atoms with Crippen LogP contribution < -0.4 is 5.73 Å². The van der Waals surface area contributed by atoms with Gasteiger partial charge in [0.1, 0.15) is 0 Å². The van der Waals surface area contributed by atoms with Crippen molar-refractivity contribution in [3.63, 3.8) is 0 Å². The van der Waals surface area contributed by atoms with E-state index in [-0.39, 0.29) is 0 Å². The van der Waals surface area contributed by atoms with Crippen molar-refractivity contribution in [1.29, 1.82) is 0 Å². The summed E-state index contributed by atoms with van der Waals surface area (Å²) in [6.45, 7) is 4.35. The molecule has 1 saturated carbocycles. The Bertz CT molecular complexity index is 396. The quantitative estimate of drug-likeness (QED) is 0.871. The predicted molar refractivity (Wildman–Crippen MR) is 86.9 cm³/mol. The molecule has 1 atom stereocenters. The minimum Gasteiger partial charge on any atom is -0.327 e. The molecule has 1 unspecified atom stereocenters. The van der Waals surface area contributed by atoms with Crippen molar-refractivity contribution >= 4 is 11.8 Å². The Balaban J connectivity index is 1.76. The van der Waals surface area contributed by atoms with Crippen LogP contribution in [-0.2, 0) is 6.42 Å². The SMILES string of the molecule is Cc1ccc(CC(N)CSC2CCCCC2)cc1C. The topological polar surface area (TPSA) is 26.0 Å². The molecule has 2 rings (SSSR count). The molecule has 0 aromatic heterocycles. The van der Waals surface area contributed by atoms with Crippen molar-refractivity contribution < 1.29 is 0 Å². The molecule has 0 amide bonds. The molecule has 1 fully saturated rings. The predicted octanol–water partition coefficient (Wildman–Crippen LogP) is 4.24. The van der Waals surface area contributed by atoms with Gasteiger partial charge in [-0.15, -0.1) is 0 Å². The largest absolute Gasteiger partial charge is 0.327 e. The lowest BCUT2D eigenvalue weighted by atomic mass is 10.0. The Hall–Kier alpha value is -0.470. The Kier molecular flexibility index (Phi) is 5.77. The summed E-state index contributed by atoms with van der Waals surface area (Å²) in [4.78, 5) is 0. The third kappa shape index (κ3) is 4.85. The zero-order chi connectivity index (χ0) is 13.7. The van der Waals surface area contributed by atoms with Crippen LogP contribution in [0.5, 0.6) is 0 Å². The van der Waals surface area contributed by atoms with Gasteiger partial charge in [-0.2, -0.15) is 11.8 Å². The number of hydrogen-bond donors (Lipinski definition) is 1. The van der Waals surface area contributed by atoms with Gasteiger partial charge in [0.2, 0.25) is 0 Å². The van der Waals surface area contributed by atoms with Crippen LogP contribution in [0.2, 0.25) is 0 Å². The van der Waals surface area contributed by atoms with E-state index >= 15 is 0 Å². The van der Waals surface area contributed by atoms with E-state index in [0.29, 0.717) is 6.04 Å². The van der Waals surface area contributed by atoms with Gasteiger partial charge in [0.05, 0.1) is 0 Å². The summed E-state index contributed by atoms with van der Waals surface area (Å²) in [5.41, 5.74) is 10.4. The highest BCUT2D eigenvalue weighted by Gasteiger charge is 2.15. The van der Waals surface area contributed by atoms with E-state index in [9.17, 15) is 0 Å². The van der Waals surface area contributed by atoms with Crippen molar-refractivity contribution in [3.8, 4) is 0 Å². The average molecular weight is 277 g/mol. The number of benzene rings is 1. The summed E-state index contributed by atoms with van der Waals surface area (Å²) < 4.78 is 0. The molecule has 0 aliphatic heterocycles. The molecule has 0 bridgehead atoms. The first-order chi connectivity index (χ1) is 9.15. The fourth-order valence-corrected chi connectivity index (χ4v) is 4.09. The van der Waals surface area contributed by atoms with Crippen molar-refractivity contribution in [1.82, 2.24) is 0 Å². The molecule has 1 aromatic carbocycles. The molecule has 1 aliphatic carbocycles. The minimum absolute atomic E-state index is 0.300. The van der Waals surface area contributed by atoms with Crippen LogP contribution in [-0.4, -0.2) is 17.0 Å². The molecular formula is C17H27NS. The smallest absolute Gasteiger partial charge is 0.0171 e. The Morgan fingerprint density at radius 1 is 1.16 bits per heavy atom. The van der Waals surface area contributed by atoms with Gasteiger partial charge in [0.25, 0.3) is 0 Å². The van der Waals surface area contributed by atoms with Gasteiger partial charge >= 0.3 is 0 Å². The number of thioether (sulfide) groups is 1. The minimum atomic E-state index is 0.300. The molecule has 0 heterocycles. The van der Waals surface area contributed by atoms with Crippen molar-refractivity contribution in [2.75, 3.05) is 5.75 Å². The number of rotatable bonds is 5. The van der Waals surface area contributed by atoms with Gasteiger partial charge < -0.3 is 5.73 Å². The summed E-state index contributed by atoms with van der Waals surface area (Å²) in [6, 6.07) is 7.04. The second kappa shape index (κ2) is 7.35. The lowest BCUT2D eigenvalue weighted by Gasteiger charge is -2.22. The Labute approximate surface area is 122 Å². The summed E-state index contributed by atoms with van der Waals surface area (Å²) in [6.07, 6.45) is 8.10. The lowest BCUT2D eigenvalue weighted by molar-refractivity contribution is 0.515. The fraction of sp³-hybridized carbons (Fsp3) is 0.647. The monoisotopic (exact) mass is 277 g/mol. The molecule has 1 nitrogen and oxygen atoms in total. The fourth-order valence-electron chi connectivity index (χ4n) is 2.78. The van der Waals surface area contributed by atoms with Gasteiger partial charge in [-0.1, -0.05) is 37.5 Å². The van der Waals surface area contributed by atoms with E-state index < -0.39 is 0 Å². The van der Waals surface area contributed by atoms with Gasteiger partial charge in [-0.25, -0.2) is 0 Å². The molecule has 1 aromatic rings. The third-order valence-electron chi connectivity index (χ3n) is 4.17. The maximum absolute atomic E-state index is 6.29. The molecule has 1 aliphatic rings. The first-order valence-electron chi connectivity index (χ1n) is 7.58. The highest BCUT2D eigenvalue weighted by atomic mass is 32.2. The van der Waals surface area contributed by atoms with Crippen molar-refractivity contribution in [3.05, 3.63) is 34.9 Å². The van der Waals surface area contributed by atoms with Crippen LogP contribution in [0, 0.1) is 13.8 Å². The van der Waals surface area contributed by atoms with Crippen LogP contribution in [0.25, 0.3) is 0 Å². The second-order valence-corrected chi connectivity index (χ2v) is 7.31. The van der Waals surface area contributed by atoms with Crippen molar-refractivity contribution in [2.24, 2.45) is 5.73 Å². The summed E-state index contributed by atoms with van der Waals surface area (Å²) >= 11 is 2.11. The average Bonchev–Trinajstić information content (AvgIpc) is 2.42. The molecule has 106 valence electrons. The first kappa shape index (κ1) is 14.9. The van der Waals surface area contributed by atoms with Gasteiger partial charge in [0, 0.05) is 17.0 Å². The van der Waals surface area contributed by atoms with Gasteiger partial charge in [0.15, 0.2) is 0 Å². The highest BCUT2D eigenvalue weighted by Crippen LogP contribution is 2.28.